The summed E-state index contributed by atoms with van der Waals surface area (Å²) in [7, 11) is 0. The van der Waals surface area contributed by atoms with Gasteiger partial charge in [-0.05, 0) is 17.7 Å². The first-order valence-electron chi connectivity index (χ1n) is 6.82. The number of aromatic nitrogens is 1. The van der Waals surface area contributed by atoms with E-state index >= 15 is 0 Å². The molecule has 0 bridgehead atoms. The number of amidine groups is 1. The van der Waals surface area contributed by atoms with Crippen molar-refractivity contribution in [2.24, 2.45) is 10.7 Å². The molecule has 0 atom stereocenters. The van der Waals surface area contributed by atoms with Gasteiger partial charge >= 0.3 is 0 Å². The van der Waals surface area contributed by atoms with Gasteiger partial charge in [0.1, 0.15) is 11.7 Å². The summed E-state index contributed by atoms with van der Waals surface area (Å²) in [5, 5.41) is 10.9. The number of benzene rings is 1. The van der Waals surface area contributed by atoms with Crippen LogP contribution in [0.4, 0.5) is 0 Å². The van der Waals surface area contributed by atoms with Crippen LogP contribution < -0.4 is 11.1 Å². The Kier molecular flexibility index (Phi) is 3.78. The molecule has 1 aliphatic rings. The Balaban J connectivity index is 1.95. The van der Waals surface area contributed by atoms with E-state index in [1.165, 1.54) is 0 Å². The van der Waals surface area contributed by atoms with Crippen LogP contribution >= 0.6 is 0 Å². The lowest BCUT2D eigenvalue weighted by Crippen LogP contribution is -2.20. The number of hydrogen-bond donors (Lipinski definition) is 3. The van der Waals surface area contributed by atoms with Gasteiger partial charge in [0.2, 0.25) is 0 Å². The first-order valence-corrected chi connectivity index (χ1v) is 6.82. The summed E-state index contributed by atoms with van der Waals surface area (Å²) in [5.41, 5.74) is 8.83. The third-order valence-corrected chi connectivity index (χ3v) is 3.23. The summed E-state index contributed by atoms with van der Waals surface area (Å²) in [5.74, 6) is 0.445. The Morgan fingerprint density at radius 1 is 1.05 bits per heavy atom. The number of nitrogens with zero attached hydrogens (tertiary/aromatic N) is 2. The van der Waals surface area contributed by atoms with Crippen LogP contribution in [0, 0.1) is 5.41 Å². The normalized spacial score (nSPS) is 15.7. The maximum atomic E-state index is 7.79. The number of nitrogens with one attached hydrogen (secondary N) is 2. The molecular formula is C17H15N5. The highest BCUT2D eigenvalue weighted by atomic mass is 15.0. The Bertz CT molecular complexity index is 773. The summed E-state index contributed by atoms with van der Waals surface area (Å²) in [6.07, 6.45) is 5.27. The lowest BCUT2D eigenvalue weighted by atomic mass is 10.1. The summed E-state index contributed by atoms with van der Waals surface area (Å²) in [6.45, 7) is 0. The molecule has 5 heteroatoms. The molecule has 0 amide bonds. The SMILES string of the molecule is N=C(N)/C(=C1/N=CC(c2ccccc2)=CN1)c1ccccn1. The first kappa shape index (κ1) is 13.8. The van der Waals surface area contributed by atoms with Crippen LogP contribution in [0.1, 0.15) is 11.3 Å². The summed E-state index contributed by atoms with van der Waals surface area (Å²) in [6, 6.07) is 15.4. The number of nitrogens with two attached hydrogens (primary N) is 1. The Morgan fingerprint density at radius 3 is 2.41 bits per heavy atom. The molecule has 1 aromatic heterocycles. The molecule has 4 N–H and O–H groups in total. The zero-order valence-corrected chi connectivity index (χ0v) is 11.8. The van der Waals surface area contributed by atoms with Gasteiger partial charge in [-0.25, -0.2) is 4.99 Å². The minimum Gasteiger partial charge on any atom is -0.384 e. The van der Waals surface area contributed by atoms with E-state index in [1.54, 1.807) is 18.5 Å². The quantitative estimate of drug-likeness (QED) is 0.599. The van der Waals surface area contributed by atoms with Crippen LogP contribution in [0.2, 0.25) is 0 Å². The molecule has 0 radical (unpaired) electrons. The predicted octanol–water partition coefficient (Wildman–Crippen LogP) is 2.40. The molecule has 5 nitrogen and oxygen atoms in total. The van der Waals surface area contributed by atoms with E-state index < -0.39 is 0 Å². The van der Waals surface area contributed by atoms with Crippen LogP contribution in [0.15, 0.2) is 71.7 Å². The van der Waals surface area contributed by atoms with Crippen molar-refractivity contribution in [3.8, 4) is 0 Å². The Hall–Kier alpha value is -3.21. The fourth-order valence-corrected chi connectivity index (χ4v) is 2.18. The van der Waals surface area contributed by atoms with Gasteiger partial charge in [0.15, 0.2) is 0 Å². The standard InChI is InChI=1S/C17H15N5/c18-16(19)15(14-8-4-5-9-20-14)17-21-10-13(11-22-17)12-6-2-1-3-7-12/h1-11,21H,(H3,18,19)/b17-15+. The van der Waals surface area contributed by atoms with Gasteiger partial charge in [-0.1, -0.05) is 36.4 Å². The van der Waals surface area contributed by atoms with Gasteiger partial charge in [-0.15, -0.1) is 0 Å². The maximum Gasteiger partial charge on any atom is 0.143 e. The van der Waals surface area contributed by atoms with Crippen LogP contribution in [0.5, 0.6) is 0 Å². The molecule has 1 aliphatic heterocycles. The van der Waals surface area contributed by atoms with E-state index in [2.05, 4.69) is 15.3 Å². The molecule has 3 rings (SSSR count). The molecule has 0 unspecified atom stereocenters. The molecule has 0 saturated heterocycles. The van der Waals surface area contributed by atoms with Crippen molar-refractivity contribution in [1.29, 1.82) is 5.41 Å². The molecular weight excluding hydrogens is 274 g/mol. The van der Waals surface area contributed by atoms with Gasteiger partial charge in [0.05, 0.1) is 11.3 Å². The average Bonchev–Trinajstić information content (AvgIpc) is 2.57. The first-order chi connectivity index (χ1) is 10.8. The van der Waals surface area contributed by atoms with Crippen LogP contribution in [-0.4, -0.2) is 17.0 Å². The second-order valence-corrected chi connectivity index (χ2v) is 4.72. The molecule has 22 heavy (non-hydrogen) atoms. The van der Waals surface area contributed by atoms with Crippen molar-refractivity contribution < 1.29 is 0 Å². The van der Waals surface area contributed by atoms with E-state index in [-0.39, 0.29) is 5.84 Å². The Morgan fingerprint density at radius 2 is 1.82 bits per heavy atom. The van der Waals surface area contributed by atoms with Crippen molar-refractivity contribution in [3.63, 3.8) is 0 Å². The highest BCUT2D eigenvalue weighted by Crippen LogP contribution is 2.20. The fourth-order valence-electron chi connectivity index (χ4n) is 2.18. The highest BCUT2D eigenvalue weighted by Gasteiger charge is 2.15. The zero-order valence-electron chi connectivity index (χ0n) is 11.8. The fraction of sp³-hybridized carbons (Fsp3) is 0. The number of aliphatic imine (C=N–C) groups is 1. The topological polar surface area (TPSA) is 87.2 Å². The van der Waals surface area contributed by atoms with Gasteiger partial charge in [0.25, 0.3) is 0 Å². The van der Waals surface area contributed by atoms with Crippen LogP contribution in [0.3, 0.4) is 0 Å². The van der Waals surface area contributed by atoms with E-state index in [9.17, 15) is 0 Å². The summed E-state index contributed by atoms with van der Waals surface area (Å²) in [4.78, 5) is 8.64. The van der Waals surface area contributed by atoms with Gasteiger partial charge in [-0.3, -0.25) is 10.4 Å². The van der Waals surface area contributed by atoms with Gasteiger partial charge < -0.3 is 11.1 Å². The summed E-state index contributed by atoms with van der Waals surface area (Å²) < 4.78 is 0. The third-order valence-electron chi connectivity index (χ3n) is 3.23. The minimum atomic E-state index is -0.0742. The predicted molar refractivity (Wildman–Crippen MR) is 89.1 cm³/mol. The van der Waals surface area contributed by atoms with Crippen molar-refractivity contribution in [2.75, 3.05) is 0 Å². The van der Waals surface area contributed by atoms with Crippen molar-refractivity contribution in [2.45, 2.75) is 0 Å². The lowest BCUT2D eigenvalue weighted by Gasteiger charge is -2.15. The van der Waals surface area contributed by atoms with Crippen LogP contribution in [0.25, 0.3) is 11.1 Å². The third kappa shape index (κ3) is 2.78. The van der Waals surface area contributed by atoms with Gasteiger partial charge in [-0.2, -0.15) is 0 Å². The minimum absolute atomic E-state index is 0.0742. The number of pyridine rings is 1. The zero-order chi connectivity index (χ0) is 15.4. The largest absolute Gasteiger partial charge is 0.384 e. The second-order valence-electron chi connectivity index (χ2n) is 4.72. The van der Waals surface area contributed by atoms with E-state index in [1.807, 2.05) is 48.7 Å². The molecule has 0 saturated carbocycles. The van der Waals surface area contributed by atoms with E-state index in [4.69, 9.17) is 11.1 Å². The maximum absolute atomic E-state index is 7.79. The molecule has 0 spiro atoms. The highest BCUT2D eigenvalue weighted by molar-refractivity contribution is 6.21. The number of rotatable bonds is 3. The molecule has 108 valence electrons. The number of allylic oxidation sites excluding steroid dienone is 1. The van der Waals surface area contributed by atoms with Crippen molar-refractivity contribution >= 4 is 23.2 Å². The average molecular weight is 289 g/mol. The van der Waals surface area contributed by atoms with Crippen molar-refractivity contribution in [3.05, 3.63) is 78.0 Å². The molecule has 2 aromatic rings. The molecule has 0 fully saturated rings. The number of hydrogen-bond acceptors (Lipinski definition) is 4. The lowest BCUT2D eigenvalue weighted by molar-refractivity contribution is 1.03. The van der Waals surface area contributed by atoms with Crippen LogP contribution in [-0.2, 0) is 0 Å². The molecule has 1 aromatic carbocycles. The summed E-state index contributed by atoms with van der Waals surface area (Å²) >= 11 is 0. The monoisotopic (exact) mass is 289 g/mol. The van der Waals surface area contributed by atoms with Crippen molar-refractivity contribution in [1.82, 2.24) is 10.3 Å². The second kappa shape index (κ2) is 6.05. The smallest absolute Gasteiger partial charge is 0.143 e. The van der Waals surface area contributed by atoms with E-state index in [0.717, 1.165) is 11.1 Å². The van der Waals surface area contributed by atoms with E-state index in [0.29, 0.717) is 17.1 Å². The molecule has 0 aliphatic carbocycles. The molecule has 2 heterocycles. The Labute approximate surface area is 128 Å². The van der Waals surface area contributed by atoms with Gasteiger partial charge in [0, 0.05) is 24.2 Å².